The van der Waals surface area contributed by atoms with E-state index in [1.54, 1.807) is 6.07 Å². The average molecular weight is 276 g/mol. The molecule has 0 bridgehead atoms. The number of carbonyl (C=O) groups excluding carboxylic acids is 2. The number of nitrogens with zero attached hydrogens (tertiary/aromatic N) is 2. The first-order valence-corrected chi connectivity index (χ1v) is 6.87. The fourth-order valence-corrected chi connectivity index (χ4v) is 2.45. The molecule has 0 atom stereocenters. The first-order chi connectivity index (χ1) is 9.67. The van der Waals surface area contributed by atoms with E-state index in [0.29, 0.717) is 25.1 Å². The maximum absolute atomic E-state index is 11.8. The lowest BCUT2D eigenvalue weighted by atomic mass is 10.1. The summed E-state index contributed by atoms with van der Waals surface area (Å²) in [5.74, 6) is -0.140. The third-order valence-electron chi connectivity index (χ3n) is 3.58. The Kier molecular flexibility index (Phi) is 4.61. The molecule has 1 amide bonds. The van der Waals surface area contributed by atoms with E-state index in [-0.39, 0.29) is 11.9 Å². The molecular weight excluding hydrogens is 256 g/mol. The maximum Gasteiger partial charge on any atom is 0.339 e. The summed E-state index contributed by atoms with van der Waals surface area (Å²) in [5.41, 5.74) is 1.45. The number of ether oxygens (including phenoxy) is 1. The van der Waals surface area contributed by atoms with Crippen LogP contribution >= 0.6 is 0 Å². The van der Waals surface area contributed by atoms with E-state index >= 15 is 0 Å². The van der Waals surface area contributed by atoms with Crippen molar-refractivity contribution in [3.63, 3.8) is 0 Å². The van der Waals surface area contributed by atoms with E-state index in [2.05, 4.69) is 4.90 Å². The van der Waals surface area contributed by atoms with Gasteiger partial charge < -0.3 is 14.5 Å². The fraction of sp³-hybridized carbons (Fsp3) is 0.467. The van der Waals surface area contributed by atoms with Gasteiger partial charge in [-0.3, -0.25) is 4.79 Å². The highest BCUT2D eigenvalue weighted by Crippen LogP contribution is 2.22. The SMILES string of the molecule is CCC(=O)N1CCN(c2ccccc2C(=O)OC)CC1. The molecule has 5 heteroatoms. The number of benzene rings is 1. The summed E-state index contributed by atoms with van der Waals surface area (Å²) in [6, 6.07) is 7.42. The van der Waals surface area contributed by atoms with Crippen molar-refractivity contribution in [2.24, 2.45) is 0 Å². The third kappa shape index (κ3) is 2.92. The molecule has 5 nitrogen and oxygen atoms in total. The molecule has 0 aromatic heterocycles. The van der Waals surface area contributed by atoms with Gasteiger partial charge in [-0.2, -0.15) is 0 Å². The van der Waals surface area contributed by atoms with Crippen LogP contribution in [0.15, 0.2) is 24.3 Å². The minimum atomic E-state index is -0.326. The van der Waals surface area contributed by atoms with Gasteiger partial charge in [-0.05, 0) is 12.1 Å². The van der Waals surface area contributed by atoms with Crippen molar-refractivity contribution >= 4 is 17.6 Å². The van der Waals surface area contributed by atoms with Crippen molar-refractivity contribution in [2.75, 3.05) is 38.2 Å². The molecule has 1 fully saturated rings. The van der Waals surface area contributed by atoms with Gasteiger partial charge in [-0.25, -0.2) is 4.79 Å². The van der Waals surface area contributed by atoms with Gasteiger partial charge in [0, 0.05) is 32.6 Å². The van der Waals surface area contributed by atoms with Gasteiger partial charge in [0.2, 0.25) is 5.91 Å². The van der Waals surface area contributed by atoms with Crippen molar-refractivity contribution in [3.05, 3.63) is 29.8 Å². The highest BCUT2D eigenvalue weighted by Gasteiger charge is 2.23. The number of amides is 1. The molecule has 0 aliphatic carbocycles. The molecule has 20 heavy (non-hydrogen) atoms. The predicted octanol–water partition coefficient (Wildman–Crippen LogP) is 1.53. The van der Waals surface area contributed by atoms with Crippen molar-refractivity contribution in [1.82, 2.24) is 4.90 Å². The molecular formula is C15H20N2O3. The minimum Gasteiger partial charge on any atom is -0.465 e. The lowest BCUT2D eigenvalue weighted by Crippen LogP contribution is -2.49. The van der Waals surface area contributed by atoms with Crippen LogP contribution < -0.4 is 4.90 Å². The van der Waals surface area contributed by atoms with E-state index in [0.717, 1.165) is 18.8 Å². The predicted molar refractivity (Wildman–Crippen MR) is 76.9 cm³/mol. The third-order valence-corrected chi connectivity index (χ3v) is 3.58. The van der Waals surface area contributed by atoms with Crippen LogP contribution in [-0.2, 0) is 9.53 Å². The number of carbonyl (C=O) groups is 2. The van der Waals surface area contributed by atoms with Crippen LogP contribution in [0.25, 0.3) is 0 Å². The van der Waals surface area contributed by atoms with Gasteiger partial charge >= 0.3 is 5.97 Å². The second kappa shape index (κ2) is 6.41. The summed E-state index contributed by atoms with van der Waals surface area (Å²) in [4.78, 5) is 27.5. The fourth-order valence-electron chi connectivity index (χ4n) is 2.45. The molecule has 108 valence electrons. The molecule has 0 spiro atoms. The molecule has 0 radical (unpaired) electrons. The minimum absolute atomic E-state index is 0.186. The molecule has 1 heterocycles. The number of para-hydroxylation sites is 1. The van der Waals surface area contributed by atoms with Crippen molar-refractivity contribution in [2.45, 2.75) is 13.3 Å². The van der Waals surface area contributed by atoms with Gasteiger partial charge in [0.05, 0.1) is 18.4 Å². The Balaban J connectivity index is 2.11. The Bertz CT molecular complexity index is 494. The molecule has 0 saturated carbocycles. The lowest BCUT2D eigenvalue weighted by Gasteiger charge is -2.36. The second-order valence-electron chi connectivity index (χ2n) is 4.73. The number of esters is 1. The Morgan fingerprint density at radius 3 is 2.40 bits per heavy atom. The van der Waals surface area contributed by atoms with Crippen LogP contribution in [-0.4, -0.2) is 50.1 Å². The molecule has 0 unspecified atom stereocenters. The smallest absolute Gasteiger partial charge is 0.339 e. The van der Waals surface area contributed by atoms with E-state index in [4.69, 9.17) is 4.74 Å². The van der Waals surface area contributed by atoms with Crippen molar-refractivity contribution in [1.29, 1.82) is 0 Å². The zero-order valence-electron chi connectivity index (χ0n) is 12.0. The van der Waals surface area contributed by atoms with Gasteiger partial charge in [0.15, 0.2) is 0 Å². The number of piperazine rings is 1. The number of anilines is 1. The van der Waals surface area contributed by atoms with Gasteiger partial charge in [-0.15, -0.1) is 0 Å². The second-order valence-corrected chi connectivity index (χ2v) is 4.73. The van der Waals surface area contributed by atoms with Gasteiger partial charge in [0.1, 0.15) is 0 Å². The number of methoxy groups -OCH3 is 1. The van der Waals surface area contributed by atoms with E-state index in [9.17, 15) is 9.59 Å². The number of hydrogen-bond acceptors (Lipinski definition) is 4. The molecule has 0 N–H and O–H groups in total. The molecule has 1 saturated heterocycles. The normalized spacial score (nSPS) is 15.1. The Morgan fingerprint density at radius 2 is 1.80 bits per heavy atom. The monoisotopic (exact) mass is 276 g/mol. The van der Waals surface area contributed by atoms with Crippen LogP contribution in [0.3, 0.4) is 0 Å². The zero-order chi connectivity index (χ0) is 14.5. The van der Waals surface area contributed by atoms with Crippen LogP contribution in [0, 0.1) is 0 Å². The highest BCUT2D eigenvalue weighted by atomic mass is 16.5. The standard InChI is InChI=1S/C15H20N2O3/c1-3-14(18)17-10-8-16(9-11-17)13-7-5-4-6-12(13)15(19)20-2/h4-7H,3,8-11H2,1-2H3. The Labute approximate surface area is 119 Å². The topological polar surface area (TPSA) is 49.9 Å². The van der Waals surface area contributed by atoms with Crippen molar-refractivity contribution in [3.8, 4) is 0 Å². The Morgan fingerprint density at radius 1 is 1.15 bits per heavy atom. The summed E-state index contributed by atoms with van der Waals surface area (Å²) in [5, 5.41) is 0. The van der Waals surface area contributed by atoms with Crippen LogP contribution in [0.4, 0.5) is 5.69 Å². The molecule has 2 rings (SSSR count). The number of rotatable bonds is 3. The maximum atomic E-state index is 11.8. The van der Waals surface area contributed by atoms with Gasteiger partial charge in [0.25, 0.3) is 0 Å². The first-order valence-electron chi connectivity index (χ1n) is 6.87. The quantitative estimate of drug-likeness (QED) is 0.786. The van der Waals surface area contributed by atoms with E-state index in [1.165, 1.54) is 7.11 Å². The average Bonchev–Trinajstić information content (AvgIpc) is 2.53. The molecule has 1 aromatic carbocycles. The summed E-state index contributed by atoms with van der Waals surface area (Å²) in [6.45, 7) is 4.74. The van der Waals surface area contributed by atoms with Crippen LogP contribution in [0.2, 0.25) is 0 Å². The van der Waals surface area contributed by atoms with Crippen LogP contribution in [0.1, 0.15) is 23.7 Å². The first kappa shape index (κ1) is 14.4. The molecule has 1 aromatic rings. The summed E-state index contributed by atoms with van der Waals surface area (Å²) in [6.07, 6.45) is 0.540. The Hall–Kier alpha value is -2.04. The zero-order valence-corrected chi connectivity index (χ0v) is 12.0. The molecule has 1 aliphatic heterocycles. The number of hydrogen-bond donors (Lipinski definition) is 0. The largest absolute Gasteiger partial charge is 0.465 e. The summed E-state index contributed by atoms with van der Waals surface area (Å²) in [7, 11) is 1.39. The van der Waals surface area contributed by atoms with Crippen LogP contribution in [0.5, 0.6) is 0 Å². The summed E-state index contributed by atoms with van der Waals surface area (Å²) >= 11 is 0. The van der Waals surface area contributed by atoms with Crippen molar-refractivity contribution < 1.29 is 14.3 Å². The van der Waals surface area contributed by atoms with E-state index < -0.39 is 0 Å². The van der Waals surface area contributed by atoms with Gasteiger partial charge in [-0.1, -0.05) is 19.1 Å². The highest BCUT2D eigenvalue weighted by molar-refractivity contribution is 5.95. The molecule has 1 aliphatic rings. The lowest BCUT2D eigenvalue weighted by molar-refractivity contribution is -0.131. The summed E-state index contributed by atoms with van der Waals surface area (Å²) < 4.78 is 4.81. The van der Waals surface area contributed by atoms with E-state index in [1.807, 2.05) is 30.0 Å².